The molecule has 3 rings (SSSR count). The Morgan fingerprint density at radius 1 is 1.06 bits per heavy atom. The number of hydrogen-bond acceptors (Lipinski definition) is 4. The van der Waals surface area contributed by atoms with Gasteiger partial charge in [0, 0.05) is 5.56 Å². The average Bonchev–Trinajstić information content (AvgIpc) is 2.83. The molecule has 0 aliphatic carbocycles. The Kier molecular flexibility index (Phi) is 8.60. The summed E-state index contributed by atoms with van der Waals surface area (Å²) < 4.78 is 25.7. The minimum absolute atomic E-state index is 0.102. The second-order valence-electron chi connectivity index (χ2n) is 8.06. The van der Waals surface area contributed by atoms with Gasteiger partial charge >= 0.3 is 0 Å². The summed E-state index contributed by atoms with van der Waals surface area (Å²) in [5.41, 5.74) is 2.04. The Bertz CT molecular complexity index is 1160. The number of aliphatic hydroxyl groups excluding tert-OH is 1. The first-order valence-corrected chi connectivity index (χ1v) is 10.9. The van der Waals surface area contributed by atoms with E-state index in [1.165, 1.54) is 12.1 Å². The van der Waals surface area contributed by atoms with Gasteiger partial charge in [-0.1, -0.05) is 36.4 Å². The van der Waals surface area contributed by atoms with Gasteiger partial charge in [0.05, 0.1) is 25.3 Å². The van der Waals surface area contributed by atoms with Crippen LogP contribution in [-0.2, 0) is 13.0 Å². The third kappa shape index (κ3) is 6.80. The van der Waals surface area contributed by atoms with E-state index in [4.69, 9.17) is 16.0 Å². The molecule has 6 nitrogen and oxygen atoms in total. The van der Waals surface area contributed by atoms with Gasteiger partial charge < -0.3 is 19.9 Å². The highest BCUT2D eigenvalue weighted by Crippen LogP contribution is 2.29. The fraction of sp³-hybridized carbons (Fsp3) is 0.259. The quantitative estimate of drug-likeness (QED) is 0.413. The van der Waals surface area contributed by atoms with Crippen molar-refractivity contribution in [3.63, 3.8) is 0 Å². The van der Waals surface area contributed by atoms with E-state index in [1.807, 2.05) is 44.2 Å². The molecule has 0 spiro atoms. The first-order valence-electron chi connectivity index (χ1n) is 10.9. The monoisotopic (exact) mass is 462 g/mol. The number of rotatable bonds is 10. The van der Waals surface area contributed by atoms with Crippen molar-refractivity contribution in [1.82, 2.24) is 5.32 Å². The second kappa shape index (κ2) is 11.8. The van der Waals surface area contributed by atoms with Crippen molar-refractivity contribution < 1.29 is 23.8 Å². The fourth-order valence-electron chi connectivity index (χ4n) is 3.34. The molecular weight excluding hydrogens is 435 g/mol. The number of benzene rings is 3. The second-order valence-corrected chi connectivity index (χ2v) is 8.06. The minimum atomic E-state index is -0.633. The molecule has 0 aromatic heterocycles. The predicted octanol–water partition coefficient (Wildman–Crippen LogP) is 5.08. The number of hydrogen-bond donors (Lipinski definition) is 2. The number of aliphatic hydroxyl groups is 1. The maximum atomic E-state index is 14.5. The Morgan fingerprint density at radius 2 is 1.79 bits per heavy atom. The van der Waals surface area contributed by atoms with Gasteiger partial charge in [-0.2, -0.15) is 0 Å². The molecule has 1 atom stereocenters. The van der Waals surface area contributed by atoms with Crippen LogP contribution in [0.25, 0.3) is 4.85 Å². The van der Waals surface area contributed by atoms with Gasteiger partial charge in [-0.05, 0) is 61.7 Å². The summed E-state index contributed by atoms with van der Waals surface area (Å²) in [6.07, 6.45) is 0.122. The van der Waals surface area contributed by atoms with Gasteiger partial charge in [0.25, 0.3) is 0 Å². The van der Waals surface area contributed by atoms with E-state index in [2.05, 4.69) is 10.2 Å². The van der Waals surface area contributed by atoms with Crippen LogP contribution in [-0.4, -0.2) is 29.8 Å². The number of nitrogens with one attached hydrogen (secondary N) is 1. The topological polar surface area (TPSA) is 72.2 Å². The van der Waals surface area contributed by atoms with Gasteiger partial charge in [0.15, 0.2) is 11.6 Å². The van der Waals surface area contributed by atoms with E-state index in [-0.39, 0.29) is 42.7 Å². The van der Waals surface area contributed by atoms with Crippen molar-refractivity contribution in [1.29, 1.82) is 0 Å². The Morgan fingerprint density at radius 3 is 2.44 bits per heavy atom. The van der Waals surface area contributed by atoms with Gasteiger partial charge in [-0.3, -0.25) is 4.79 Å². The molecule has 0 heterocycles. The third-order valence-corrected chi connectivity index (χ3v) is 4.98. The number of ether oxygens (including phenoxy) is 2. The van der Waals surface area contributed by atoms with E-state index in [0.717, 1.165) is 5.56 Å². The highest BCUT2D eigenvalue weighted by Gasteiger charge is 2.17. The molecule has 2 N–H and O–H groups in total. The summed E-state index contributed by atoms with van der Waals surface area (Å²) in [6.45, 7) is 11.0. The molecule has 1 unspecified atom stereocenters. The molecule has 34 heavy (non-hydrogen) atoms. The molecule has 1 amide bonds. The van der Waals surface area contributed by atoms with Gasteiger partial charge in [-0.25, -0.2) is 9.24 Å². The van der Waals surface area contributed by atoms with Crippen molar-refractivity contribution in [3.05, 3.63) is 101 Å². The molecule has 0 aliphatic heterocycles. The number of nitrogens with zero attached hydrogens (tertiary/aromatic N) is 1. The Labute approximate surface area is 198 Å². The lowest BCUT2D eigenvalue weighted by atomic mass is 10.1. The molecule has 176 valence electrons. The number of carbonyl (C=O) groups excluding carboxylic acids is 1. The zero-order valence-electron chi connectivity index (χ0n) is 19.1. The van der Waals surface area contributed by atoms with E-state index >= 15 is 0 Å². The van der Waals surface area contributed by atoms with Crippen molar-refractivity contribution in [2.75, 3.05) is 6.61 Å². The first kappa shape index (κ1) is 24.7. The van der Waals surface area contributed by atoms with E-state index in [9.17, 15) is 14.3 Å². The fourth-order valence-corrected chi connectivity index (χ4v) is 3.34. The lowest BCUT2D eigenvalue weighted by Gasteiger charge is -2.18. The van der Waals surface area contributed by atoms with Crippen LogP contribution in [0.4, 0.5) is 10.1 Å². The van der Waals surface area contributed by atoms with Gasteiger partial charge in [0.1, 0.15) is 12.4 Å². The zero-order chi connectivity index (χ0) is 24.5. The van der Waals surface area contributed by atoms with Crippen LogP contribution in [0.5, 0.6) is 11.5 Å². The summed E-state index contributed by atoms with van der Waals surface area (Å²) in [5.74, 6) is -0.417. The van der Waals surface area contributed by atoms with Crippen LogP contribution in [0.2, 0.25) is 0 Å². The molecule has 3 aromatic carbocycles. The van der Waals surface area contributed by atoms with Gasteiger partial charge in [-0.15, -0.1) is 0 Å². The normalized spacial score (nSPS) is 11.5. The average molecular weight is 463 g/mol. The van der Waals surface area contributed by atoms with E-state index in [0.29, 0.717) is 11.3 Å². The van der Waals surface area contributed by atoms with Crippen LogP contribution in [0.3, 0.4) is 0 Å². The molecule has 0 radical (unpaired) electrons. The number of amides is 1. The minimum Gasteiger partial charge on any atom is -0.502 e. The largest absolute Gasteiger partial charge is 0.502 e. The lowest BCUT2D eigenvalue weighted by Crippen LogP contribution is -2.39. The lowest BCUT2D eigenvalue weighted by molar-refractivity contribution is 0.0916. The zero-order valence-corrected chi connectivity index (χ0v) is 19.1. The molecule has 0 saturated heterocycles. The van der Waals surface area contributed by atoms with Crippen LogP contribution < -0.4 is 14.8 Å². The molecule has 0 saturated carbocycles. The van der Waals surface area contributed by atoms with Crippen LogP contribution in [0.15, 0.2) is 66.7 Å². The van der Waals surface area contributed by atoms with Crippen molar-refractivity contribution in [2.45, 2.75) is 39.0 Å². The third-order valence-electron chi connectivity index (χ3n) is 4.98. The summed E-state index contributed by atoms with van der Waals surface area (Å²) in [4.78, 5) is 16.1. The van der Waals surface area contributed by atoms with Gasteiger partial charge in [0.2, 0.25) is 11.6 Å². The first-order chi connectivity index (χ1) is 16.4. The maximum Gasteiger partial charge on any atom is 0.250 e. The summed E-state index contributed by atoms with van der Waals surface area (Å²) in [5, 5.41) is 12.5. The molecule has 0 aliphatic rings. The Balaban J connectivity index is 1.63. The number of carbonyl (C=O) groups is 1. The molecule has 0 fully saturated rings. The van der Waals surface area contributed by atoms with Crippen molar-refractivity contribution in [3.8, 4) is 11.5 Å². The van der Waals surface area contributed by atoms with E-state index in [1.54, 1.807) is 24.3 Å². The van der Waals surface area contributed by atoms with Crippen LogP contribution >= 0.6 is 0 Å². The SMILES string of the molecule is [C-]#[N+]c1cc(C(=O)NC(CO)Cc2ccc(OCc3ccccc3)c(F)c2)ccc1OC(C)C. The standard InChI is InChI=1S/C27H27FN2O4/c1-18(2)34-26-12-10-21(15-24(26)29-3)27(32)30-22(16-31)13-20-9-11-25(23(28)14-20)33-17-19-7-5-4-6-8-19/h4-12,14-15,18,22,31H,13,16-17H2,1-2H3,(H,30,32). The van der Waals surface area contributed by atoms with Crippen LogP contribution in [0, 0.1) is 12.4 Å². The smallest absolute Gasteiger partial charge is 0.250 e. The number of halogens is 1. The molecule has 0 bridgehead atoms. The summed E-state index contributed by atoms with van der Waals surface area (Å²) >= 11 is 0. The molecule has 3 aromatic rings. The maximum absolute atomic E-state index is 14.5. The van der Waals surface area contributed by atoms with Crippen molar-refractivity contribution in [2.24, 2.45) is 0 Å². The summed E-state index contributed by atoms with van der Waals surface area (Å²) in [7, 11) is 0. The molecular formula is C27H27FN2O4. The highest BCUT2D eigenvalue weighted by molar-refractivity contribution is 5.95. The highest BCUT2D eigenvalue weighted by atomic mass is 19.1. The predicted molar refractivity (Wildman–Crippen MR) is 128 cm³/mol. The Hall–Kier alpha value is -3.89. The van der Waals surface area contributed by atoms with Crippen LogP contribution in [0.1, 0.15) is 35.3 Å². The van der Waals surface area contributed by atoms with Crippen molar-refractivity contribution >= 4 is 11.6 Å². The summed E-state index contributed by atoms with van der Waals surface area (Å²) in [6, 6.07) is 18.0. The van der Waals surface area contributed by atoms with E-state index < -0.39 is 17.8 Å². The molecule has 7 heteroatoms.